The molecule has 0 fully saturated rings. The van der Waals surface area contributed by atoms with Gasteiger partial charge < -0.3 is 4.74 Å². The van der Waals surface area contributed by atoms with Crippen molar-refractivity contribution >= 4 is 27.6 Å². The summed E-state index contributed by atoms with van der Waals surface area (Å²) in [5.41, 5.74) is 0.685. The Bertz CT molecular complexity index is 807. The van der Waals surface area contributed by atoms with Crippen LogP contribution in [0.5, 0.6) is 0 Å². The molecule has 0 N–H and O–H groups in total. The molecule has 24 heavy (non-hydrogen) atoms. The highest BCUT2D eigenvalue weighted by molar-refractivity contribution is 7.94. The molecule has 0 aliphatic carbocycles. The summed E-state index contributed by atoms with van der Waals surface area (Å²) in [5, 5.41) is 1.10. The van der Waals surface area contributed by atoms with E-state index >= 15 is 0 Å². The minimum atomic E-state index is -3.21. The van der Waals surface area contributed by atoms with Crippen LogP contribution in [0.25, 0.3) is 0 Å². The number of nitrogens with zero attached hydrogens (tertiary/aromatic N) is 1. The van der Waals surface area contributed by atoms with Crippen molar-refractivity contribution in [2.45, 2.75) is 6.42 Å². The summed E-state index contributed by atoms with van der Waals surface area (Å²) in [4.78, 5) is 37.0. The van der Waals surface area contributed by atoms with E-state index in [4.69, 9.17) is 4.74 Å². The van der Waals surface area contributed by atoms with E-state index in [2.05, 4.69) is 0 Å². The molecule has 0 bridgehead atoms. The molecule has 126 valence electrons. The number of carbonyl (C=O) groups excluding carboxylic acids is 3. The Balaban J connectivity index is 1.49. The van der Waals surface area contributed by atoms with E-state index in [0.717, 1.165) is 10.3 Å². The molecule has 7 nitrogen and oxygen atoms in total. The fourth-order valence-electron chi connectivity index (χ4n) is 2.73. The summed E-state index contributed by atoms with van der Waals surface area (Å²) in [6, 6.07) is 6.51. The lowest BCUT2D eigenvalue weighted by molar-refractivity contribution is -0.144. The molecule has 2 aliphatic rings. The van der Waals surface area contributed by atoms with Gasteiger partial charge in [-0.3, -0.25) is 19.3 Å². The quantitative estimate of drug-likeness (QED) is 0.575. The number of rotatable bonds is 5. The number of ether oxygens (including phenoxy) is 1. The SMILES string of the molecule is O=C(C[C@H]1C=CS(=O)(=O)C1)OCCN1C(=O)c2ccccc2C1=O. The van der Waals surface area contributed by atoms with Gasteiger partial charge in [0.25, 0.3) is 11.8 Å². The monoisotopic (exact) mass is 349 g/mol. The molecule has 8 heteroatoms. The predicted octanol–water partition coefficient (Wildman–Crippen LogP) is 0.774. The number of hydrogen-bond donors (Lipinski definition) is 0. The first-order valence-electron chi connectivity index (χ1n) is 7.39. The number of fused-ring (bicyclic) bond motifs is 1. The number of hydrogen-bond acceptors (Lipinski definition) is 6. The van der Waals surface area contributed by atoms with Crippen molar-refractivity contribution in [1.29, 1.82) is 0 Å². The van der Waals surface area contributed by atoms with Crippen LogP contribution < -0.4 is 0 Å². The third-order valence-corrected chi connectivity index (χ3v) is 5.35. The van der Waals surface area contributed by atoms with Crippen molar-refractivity contribution < 1.29 is 27.5 Å². The van der Waals surface area contributed by atoms with Crippen LogP contribution in [0.1, 0.15) is 27.1 Å². The number of sulfone groups is 1. The summed E-state index contributed by atoms with van der Waals surface area (Å²) in [5.74, 6) is -1.85. The van der Waals surface area contributed by atoms with Crippen LogP contribution in [0.3, 0.4) is 0 Å². The minimum absolute atomic E-state index is 0.0309. The number of allylic oxidation sites excluding steroid dienone is 1. The van der Waals surface area contributed by atoms with Gasteiger partial charge in [-0.1, -0.05) is 18.2 Å². The normalized spacial score (nSPS) is 21.2. The van der Waals surface area contributed by atoms with Crippen molar-refractivity contribution in [3.05, 3.63) is 46.9 Å². The number of imide groups is 1. The zero-order valence-electron chi connectivity index (χ0n) is 12.7. The zero-order valence-corrected chi connectivity index (χ0v) is 13.5. The van der Waals surface area contributed by atoms with Crippen LogP contribution >= 0.6 is 0 Å². The fourth-order valence-corrected chi connectivity index (χ4v) is 4.13. The molecular weight excluding hydrogens is 334 g/mol. The molecule has 0 aromatic heterocycles. The van der Waals surface area contributed by atoms with Crippen molar-refractivity contribution in [2.75, 3.05) is 18.9 Å². The Hall–Kier alpha value is -2.48. The maximum Gasteiger partial charge on any atom is 0.306 e. The lowest BCUT2D eigenvalue weighted by Crippen LogP contribution is -2.33. The first kappa shape index (κ1) is 16.4. The molecule has 3 rings (SSSR count). The summed E-state index contributed by atoms with van der Waals surface area (Å²) in [6.07, 6.45) is 1.43. The maximum absolute atomic E-state index is 12.1. The molecule has 2 amide bonds. The summed E-state index contributed by atoms with van der Waals surface area (Å²) in [7, 11) is -3.21. The second-order valence-corrected chi connectivity index (χ2v) is 7.58. The maximum atomic E-state index is 12.1. The van der Waals surface area contributed by atoms with Crippen LogP contribution in [0.4, 0.5) is 0 Å². The lowest BCUT2D eigenvalue weighted by Gasteiger charge is -2.14. The third kappa shape index (κ3) is 3.23. The van der Waals surface area contributed by atoms with Crippen LogP contribution in [0, 0.1) is 5.92 Å². The summed E-state index contributed by atoms with van der Waals surface area (Å²) >= 11 is 0. The average Bonchev–Trinajstić information content (AvgIpc) is 2.99. The van der Waals surface area contributed by atoms with Crippen molar-refractivity contribution in [2.24, 2.45) is 5.92 Å². The topological polar surface area (TPSA) is 97.8 Å². The highest BCUT2D eigenvalue weighted by atomic mass is 32.2. The van der Waals surface area contributed by atoms with Crippen LogP contribution in [-0.2, 0) is 19.4 Å². The number of amides is 2. The van der Waals surface area contributed by atoms with Gasteiger partial charge in [0.15, 0.2) is 9.84 Å². The van der Waals surface area contributed by atoms with Crippen LogP contribution in [-0.4, -0.2) is 50.0 Å². The molecular formula is C16H15NO6S. The molecule has 0 spiro atoms. The standard InChI is InChI=1S/C16H15NO6S/c18-14(9-11-5-8-24(21,22)10-11)23-7-6-17-15(19)12-3-1-2-4-13(12)16(17)20/h1-5,8,11H,6-7,9-10H2/t11-/m1/s1. The van der Waals surface area contributed by atoms with Crippen LogP contribution in [0.15, 0.2) is 35.7 Å². The Kier molecular flexibility index (Phi) is 4.23. The van der Waals surface area contributed by atoms with Gasteiger partial charge in [0, 0.05) is 11.3 Å². The smallest absolute Gasteiger partial charge is 0.306 e. The van der Waals surface area contributed by atoms with E-state index in [0.29, 0.717) is 11.1 Å². The van der Waals surface area contributed by atoms with Gasteiger partial charge >= 0.3 is 5.97 Å². The number of esters is 1. The van der Waals surface area contributed by atoms with Crippen molar-refractivity contribution in [1.82, 2.24) is 4.90 Å². The Labute approximate surface area is 138 Å². The lowest BCUT2D eigenvalue weighted by atomic mass is 10.1. The Morgan fingerprint density at radius 1 is 1.17 bits per heavy atom. The second-order valence-electron chi connectivity index (χ2n) is 5.65. The number of benzene rings is 1. The Morgan fingerprint density at radius 3 is 2.33 bits per heavy atom. The molecule has 0 radical (unpaired) electrons. The van der Waals surface area contributed by atoms with E-state index < -0.39 is 27.6 Å². The van der Waals surface area contributed by atoms with E-state index in [1.165, 1.54) is 6.08 Å². The third-order valence-electron chi connectivity index (χ3n) is 3.89. The second kappa shape index (κ2) is 6.20. The number of carbonyl (C=O) groups is 3. The van der Waals surface area contributed by atoms with Gasteiger partial charge in [0.2, 0.25) is 0 Å². The van der Waals surface area contributed by atoms with E-state index in [-0.39, 0.29) is 31.2 Å². The van der Waals surface area contributed by atoms with Crippen LogP contribution in [0.2, 0.25) is 0 Å². The van der Waals surface area contributed by atoms with Crippen molar-refractivity contribution in [3.8, 4) is 0 Å². The van der Waals surface area contributed by atoms with Gasteiger partial charge in [-0.05, 0) is 12.1 Å². The first-order valence-corrected chi connectivity index (χ1v) is 9.11. The first-order chi connectivity index (χ1) is 11.4. The molecule has 1 aromatic carbocycles. The molecule has 0 unspecified atom stereocenters. The zero-order chi connectivity index (χ0) is 17.3. The summed E-state index contributed by atoms with van der Waals surface area (Å²) in [6.45, 7) is -0.148. The Morgan fingerprint density at radius 2 is 1.79 bits per heavy atom. The van der Waals surface area contributed by atoms with E-state index in [1.807, 2.05) is 0 Å². The molecule has 2 heterocycles. The van der Waals surface area contributed by atoms with Gasteiger partial charge in [-0.2, -0.15) is 0 Å². The highest BCUT2D eigenvalue weighted by Crippen LogP contribution is 2.22. The molecule has 2 aliphatic heterocycles. The van der Waals surface area contributed by atoms with Gasteiger partial charge in [0.1, 0.15) is 6.61 Å². The molecule has 0 saturated carbocycles. The molecule has 1 atom stereocenters. The largest absolute Gasteiger partial charge is 0.464 e. The predicted molar refractivity (Wildman–Crippen MR) is 83.8 cm³/mol. The minimum Gasteiger partial charge on any atom is -0.464 e. The van der Waals surface area contributed by atoms with Crippen molar-refractivity contribution in [3.63, 3.8) is 0 Å². The van der Waals surface area contributed by atoms with Gasteiger partial charge in [0.05, 0.1) is 29.8 Å². The fraction of sp³-hybridized carbons (Fsp3) is 0.312. The molecule has 0 saturated heterocycles. The van der Waals surface area contributed by atoms with E-state index in [9.17, 15) is 22.8 Å². The summed E-state index contributed by atoms with van der Waals surface area (Å²) < 4.78 is 27.6. The average molecular weight is 349 g/mol. The van der Waals surface area contributed by atoms with Gasteiger partial charge in [-0.25, -0.2) is 8.42 Å². The highest BCUT2D eigenvalue weighted by Gasteiger charge is 2.35. The van der Waals surface area contributed by atoms with E-state index in [1.54, 1.807) is 24.3 Å². The molecule has 1 aromatic rings. The van der Waals surface area contributed by atoms with Gasteiger partial charge in [-0.15, -0.1) is 0 Å².